The summed E-state index contributed by atoms with van der Waals surface area (Å²) in [6.45, 7) is 1.90. The van der Waals surface area contributed by atoms with Crippen molar-refractivity contribution >= 4 is 29.9 Å². The smallest absolute Gasteiger partial charge is 0.191 e. The molecule has 2 aromatic rings. The van der Waals surface area contributed by atoms with E-state index in [0.717, 1.165) is 42.7 Å². The molecule has 3 rings (SSSR count). The lowest BCUT2D eigenvalue weighted by Gasteiger charge is -2.25. The van der Waals surface area contributed by atoms with Crippen molar-refractivity contribution in [2.24, 2.45) is 12.0 Å². The number of rotatable bonds is 5. The highest BCUT2D eigenvalue weighted by Gasteiger charge is 2.22. The molecule has 1 aliphatic heterocycles. The average molecular weight is 460 g/mol. The molecular formula is C15H25IN8O. The van der Waals surface area contributed by atoms with Crippen LogP contribution in [-0.4, -0.2) is 50.7 Å². The Hall–Kier alpha value is -1.69. The second-order valence-corrected chi connectivity index (χ2v) is 5.81. The van der Waals surface area contributed by atoms with Gasteiger partial charge in [0.1, 0.15) is 12.4 Å². The number of aliphatic imine (C=N–C) groups is 1. The van der Waals surface area contributed by atoms with Crippen molar-refractivity contribution in [3.63, 3.8) is 0 Å². The second-order valence-electron chi connectivity index (χ2n) is 5.81. The standard InChI is InChI=1S/C15H24N8O.HI/c1-16-15(17-8-12-6-7-18-22(12)2)19-11-4-5-14-20-13(10-24-3)21-23(14)9-11;/h6-7,11H,4-5,8-10H2,1-3H3,(H2,16,17,19);1H. The number of aromatic nitrogens is 5. The van der Waals surface area contributed by atoms with Crippen LogP contribution in [0.3, 0.4) is 0 Å². The topological polar surface area (TPSA) is 94.2 Å². The van der Waals surface area contributed by atoms with Gasteiger partial charge in [0.2, 0.25) is 0 Å². The Bertz CT molecular complexity index is 710. The highest BCUT2D eigenvalue weighted by atomic mass is 127. The summed E-state index contributed by atoms with van der Waals surface area (Å²) in [5.74, 6) is 2.55. The number of nitrogens with zero attached hydrogens (tertiary/aromatic N) is 6. The molecule has 0 bridgehead atoms. The molecule has 2 N–H and O–H groups in total. The van der Waals surface area contributed by atoms with Crippen LogP contribution in [0.15, 0.2) is 17.3 Å². The predicted octanol–water partition coefficient (Wildman–Crippen LogP) is 0.456. The van der Waals surface area contributed by atoms with Crippen LogP contribution in [-0.2, 0) is 37.9 Å². The van der Waals surface area contributed by atoms with Crippen molar-refractivity contribution in [1.82, 2.24) is 35.2 Å². The molecule has 0 radical (unpaired) electrons. The van der Waals surface area contributed by atoms with E-state index in [1.165, 1.54) is 0 Å². The number of ether oxygens (including phenoxy) is 1. The monoisotopic (exact) mass is 460 g/mol. The largest absolute Gasteiger partial charge is 0.377 e. The van der Waals surface area contributed by atoms with Gasteiger partial charge in [-0.25, -0.2) is 9.67 Å². The first-order valence-corrected chi connectivity index (χ1v) is 8.05. The zero-order chi connectivity index (χ0) is 16.9. The van der Waals surface area contributed by atoms with Crippen LogP contribution in [0.2, 0.25) is 0 Å². The number of guanidine groups is 1. The van der Waals surface area contributed by atoms with Crippen LogP contribution in [0.4, 0.5) is 0 Å². The third-order valence-corrected chi connectivity index (χ3v) is 4.10. The number of methoxy groups -OCH3 is 1. The third-order valence-electron chi connectivity index (χ3n) is 4.10. The number of aryl methyl sites for hydroxylation is 2. The number of nitrogens with one attached hydrogen (secondary N) is 2. The number of hydrogen-bond acceptors (Lipinski definition) is 5. The van der Waals surface area contributed by atoms with E-state index in [1.807, 2.05) is 22.5 Å². The maximum absolute atomic E-state index is 5.10. The molecule has 0 aromatic carbocycles. The van der Waals surface area contributed by atoms with Gasteiger partial charge in [-0.05, 0) is 12.5 Å². The molecule has 1 atom stereocenters. The third kappa shape index (κ3) is 4.91. The fraction of sp³-hybridized carbons (Fsp3) is 0.600. The van der Waals surface area contributed by atoms with Gasteiger partial charge >= 0.3 is 0 Å². The van der Waals surface area contributed by atoms with Gasteiger partial charge in [-0.1, -0.05) is 0 Å². The van der Waals surface area contributed by atoms with Crippen LogP contribution >= 0.6 is 24.0 Å². The maximum Gasteiger partial charge on any atom is 0.191 e. The molecule has 10 heteroatoms. The van der Waals surface area contributed by atoms with Gasteiger partial charge in [0, 0.05) is 39.9 Å². The molecular weight excluding hydrogens is 435 g/mol. The highest BCUT2D eigenvalue weighted by molar-refractivity contribution is 14.0. The van der Waals surface area contributed by atoms with Gasteiger partial charge in [-0.2, -0.15) is 10.2 Å². The molecule has 3 heterocycles. The number of hydrogen-bond donors (Lipinski definition) is 2. The van der Waals surface area contributed by atoms with E-state index < -0.39 is 0 Å². The van der Waals surface area contributed by atoms with Crippen molar-refractivity contribution in [3.8, 4) is 0 Å². The summed E-state index contributed by atoms with van der Waals surface area (Å²) in [5.41, 5.74) is 1.10. The predicted molar refractivity (Wildman–Crippen MR) is 105 cm³/mol. The van der Waals surface area contributed by atoms with Crippen LogP contribution in [0.25, 0.3) is 0 Å². The Morgan fingerprint density at radius 1 is 1.48 bits per heavy atom. The summed E-state index contributed by atoms with van der Waals surface area (Å²) in [6, 6.07) is 2.26. The molecule has 0 amide bonds. The lowest BCUT2D eigenvalue weighted by Crippen LogP contribution is -2.47. The van der Waals surface area contributed by atoms with Crippen LogP contribution in [0, 0.1) is 0 Å². The van der Waals surface area contributed by atoms with E-state index >= 15 is 0 Å². The summed E-state index contributed by atoms with van der Waals surface area (Å²) in [7, 11) is 5.36. The highest BCUT2D eigenvalue weighted by Crippen LogP contribution is 2.13. The van der Waals surface area contributed by atoms with Crippen LogP contribution in [0.1, 0.15) is 23.8 Å². The fourth-order valence-electron chi connectivity index (χ4n) is 2.81. The molecule has 0 aliphatic carbocycles. The van der Waals surface area contributed by atoms with Crippen LogP contribution in [0.5, 0.6) is 0 Å². The fourth-order valence-corrected chi connectivity index (χ4v) is 2.81. The quantitative estimate of drug-likeness (QED) is 0.383. The lowest BCUT2D eigenvalue weighted by atomic mass is 10.1. The lowest BCUT2D eigenvalue weighted by molar-refractivity contribution is 0.177. The number of halogens is 1. The summed E-state index contributed by atoms with van der Waals surface area (Å²) >= 11 is 0. The minimum atomic E-state index is 0. The van der Waals surface area contributed by atoms with Gasteiger partial charge in [0.25, 0.3) is 0 Å². The van der Waals surface area contributed by atoms with E-state index in [2.05, 4.69) is 30.8 Å². The molecule has 9 nitrogen and oxygen atoms in total. The zero-order valence-corrected chi connectivity index (χ0v) is 17.1. The van der Waals surface area contributed by atoms with Crippen molar-refractivity contribution < 1.29 is 4.74 Å². The van der Waals surface area contributed by atoms with Crippen LogP contribution < -0.4 is 10.6 Å². The first-order valence-electron chi connectivity index (χ1n) is 8.05. The maximum atomic E-state index is 5.10. The van der Waals surface area contributed by atoms with E-state index in [9.17, 15) is 0 Å². The van der Waals surface area contributed by atoms with Gasteiger partial charge in [0.15, 0.2) is 11.8 Å². The summed E-state index contributed by atoms with van der Waals surface area (Å²) in [4.78, 5) is 8.80. The SMILES string of the molecule is CN=C(NCc1ccnn1C)NC1CCc2nc(COC)nn2C1.I. The molecule has 25 heavy (non-hydrogen) atoms. The Kier molecular flexibility index (Phi) is 7.17. The van der Waals surface area contributed by atoms with Gasteiger partial charge < -0.3 is 15.4 Å². The van der Waals surface area contributed by atoms with E-state index in [4.69, 9.17) is 4.74 Å². The van der Waals surface area contributed by atoms with E-state index in [-0.39, 0.29) is 30.0 Å². The molecule has 1 unspecified atom stereocenters. The Labute approximate surface area is 164 Å². The molecule has 0 saturated carbocycles. The normalized spacial score (nSPS) is 16.9. The van der Waals surface area contributed by atoms with Crippen molar-refractivity contribution in [2.45, 2.75) is 38.6 Å². The minimum Gasteiger partial charge on any atom is -0.377 e. The van der Waals surface area contributed by atoms with Gasteiger partial charge in [0.05, 0.1) is 18.8 Å². The van der Waals surface area contributed by atoms with Crippen molar-refractivity contribution in [3.05, 3.63) is 29.6 Å². The average Bonchev–Trinajstić information content (AvgIpc) is 3.16. The van der Waals surface area contributed by atoms with E-state index in [1.54, 1.807) is 20.4 Å². The Morgan fingerprint density at radius 2 is 2.32 bits per heavy atom. The molecule has 2 aromatic heterocycles. The first kappa shape index (κ1) is 19.6. The minimum absolute atomic E-state index is 0. The first-order chi connectivity index (χ1) is 11.7. The Balaban J connectivity index is 0.00000225. The van der Waals surface area contributed by atoms with Gasteiger partial charge in [-0.3, -0.25) is 9.67 Å². The van der Waals surface area contributed by atoms with Crippen molar-refractivity contribution in [2.75, 3.05) is 14.2 Å². The number of fused-ring (bicyclic) bond motifs is 1. The summed E-state index contributed by atoms with van der Waals surface area (Å²) in [5, 5.41) is 15.4. The summed E-state index contributed by atoms with van der Waals surface area (Å²) < 4.78 is 8.91. The Morgan fingerprint density at radius 3 is 3.00 bits per heavy atom. The molecule has 0 saturated heterocycles. The van der Waals surface area contributed by atoms with Gasteiger partial charge in [-0.15, -0.1) is 24.0 Å². The van der Waals surface area contributed by atoms with Crippen molar-refractivity contribution in [1.29, 1.82) is 0 Å². The molecule has 1 aliphatic rings. The zero-order valence-electron chi connectivity index (χ0n) is 14.8. The molecule has 0 fully saturated rings. The molecule has 0 spiro atoms. The van der Waals surface area contributed by atoms with E-state index in [0.29, 0.717) is 13.2 Å². The summed E-state index contributed by atoms with van der Waals surface area (Å²) in [6.07, 6.45) is 3.68. The molecule has 138 valence electrons. The second kappa shape index (κ2) is 9.13.